The summed E-state index contributed by atoms with van der Waals surface area (Å²) in [5.41, 5.74) is 3.14. The van der Waals surface area contributed by atoms with Crippen LogP contribution in [0.5, 0.6) is 5.75 Å². The number of methoxy groups -OCH3 is 2. The molecule has 7 heteroatoms. The minimum Gasteiger partial charge on any atom is -0.497 e. The Labute approximate surface area is 176 Å². The van der Waals surface area contributed by atoms with Crippen molar-refractivity contribution in [1.82, 2.24) is 15.1 Å². The van der Waals surface area contributed by atoms with Crippen LogP contribution >= 0.6 is 0 Å². The van der Waals surface area contributed by atoms with Crippen molar-refractivity contribution in [1.29, 1.82) is 0 Å². The van der Waals surface area contributed by atoms with E-state index in [4.69, 9.17) is 13.9 Å². The molecule has 0 saturated heterocycles. The zero-order chi connectivity index (χ0) is 21.3. The van der Waals surface area contributed by atoms with Gasteiger partial charge in [-0.1, -0.05) is 13.8 Å². The molecule has 0 unspecified atom stereocenters. The number of furan rings is 1. The van der Waals surface area contributed by atoms with Gasteiger partial charge in [-0.05, 0) is 54.7 Å². The first-order valence-corrected chi connectivity index (χ1v) is 10.00. The first-order chi connectivity index (χ1) is 14.4. The maximum absolute atomic E-state index is 12.8. The number of amides is 1. The van der Waals surface area contributed by atoms with E-state index in [2.05, 4.69) is 24.3 Å². The zero-order valence-electron chi connectivity index (χ0n) is 17.8. The lowest BCUT2D eigenvalue weighted by atomic mass is 9.74. The second kappa shape index (κ2) is 7.99. The average molecular weight is 409 g/mol. The molecule has 0 aliphatic heterocycles. The molecule has 1 aliphatic carbocycles. The third kappa shape index (κ3) is 3.98. The summed E-state index contributed by atoms with van der Waals surface area (Å²) in [6, 6.07) is 11.1. The van der Waals surface area contributed by atoms with Crippen LogP contribution in [0, 0.1) is 5.41 Å². The van der Waals surface area contributed by atoms with Gasteiger partial charge in [-0.2, -0.15) is 5.10 Å². The summed E-state index contributed by atoms with van der Waals surface area (Å²) in [5, 5.41) is 7.77. The van der Waals surface area contributed by atoms with E-state index in [-0.39, 0.29) is 23.1 Å². The number of benzene rings is 1. The number of carbonyl (C=O) groups is 1. The van der Waals surface area contributed by atoms with Crippen molar-refractivity contribution in [3.63, 3.8) is 0 Å². The van der Waals surface area contributed by atoms with E-state index in [0.717, 1.165) is 35.5 Å². The number of nitrogens with one attached hydrogen (secondary N) is 1. The second-order valence-electron chi connectivity index (χ2n) is 8.43. The monoisotopic (exact) mass is 409 g/mol. The van der Waals surface area contributed by atoms with Gasteiger partial charge in [0.05, 0.1) is 30.7 Å². The predicted molar refractivity (Wildman–Crippen MR) is 112 cm³/mol. The van der Waals surface area contributed by atoms with Gasteiger partial charge in [0.15, 0.2) is 5.76 Å². The van der Waals surface area contributed by atoms with Crippen LogP contribution in [0.2, 0.25) is 0 Å². The number of carbonyl (C=O) groups excluding carboxylic acids is 1. The Bertz CT molecular complexity index is 1030. The Hall–Kier alpha value is -3.06. The van der Waals surface area contributed by atoms with Crippen LogP contribution in [0.4, 0.5) is 0 Å². The van der Waals surface area contributed by atoms with E-state index < -0.39 is 0 Å². The second-order valence-corrected chi connectivity index (χ2v) is 8.43. The summed E-state index contributed by atoms with van der Waals surface area (Å²) in [4.78, 5) is 12.8. The Balaban J connectivity index is 1.61. The van der Waals surface area contributed by atoms with Crippen LogP contribution in [-0.2, 0) is 17.8 Å². The summed E-state index contributed by atoms with van der Waals surface area (Å²) in [6.07, 6.45) is 3.56. The number of hydrogen-bond acceptors (Lipinski definition) is 5. The smallest absolute Gasteiger partial charge is 0.287 e. The minimum absolute atomic E-state index is 0.0135. The number of aromatic nitrogens is 2. The summed E-state index contributed by atoms with van der Waals surface area (Å²) in [6.45, 7) is 4.76. The maximum atomic E-state index is 12.8. The van der Waals surface area contributed by atoms with Gasteiger partial charge in [0.2, 0.25) is 0 Å². The third-order valence-corrected chi connectivity index (χ3v) is 5.47. The number of nitrogens with zero attached hydrogens (tertiary/aromatic N) is 2. The lowest BCUT2D eigenvalue weighted by molar-refractivity contribution is 0.0882. The van der Waals surface area contributed by atoms with Crippen molar-refractivity contribution in [2.45, 2.75) is 39.3 Å². The quantitative estimate of drug-likeness (QED) is 0.664. The molecule has 0 fully saturated rings. The summed E-state index contributed by atoms with van der Waals surface area (Å²) < 4.78 is 17.9. The van der Waals surface area contributed by atoms with Crippen molar-refractivity contribution in [3.05, 3.63) is 65.4 Å². The fourth-order valence-corrected chi connectivity index (χ4v) is 4.07. The van der Waals surface area contributed by atoms with Gasteiger partial charge in [0.1, 0.15) is 18.1 Å². The molecule has 1 atom stereocenters. The molecule has 1 aromatic carbocycles. The lowest BCUT2D eigenvalue weighted by Crippen LogP contribution is -2.36. The van der Waals surface area contributed by atoms with Gasteiger partial charge in [0, 0.05) is 12.7 Å². The largest absolute Gasteiger partial charge is 0.497 e. The Morgan fingerprint density at radius 2 is 2.00 bits per heavy atom. The van der Waals surface area contributed by atoms with Crippen LogP contribution in [-0.4, -0.2) is 29.9 Å². The van der Waals surface area contributed by atoms with Gasteiger partial charge in [0.25, 0.3) is 5.91 Å². The standard InChI is InChI=1S/C23H27N3O4/c1-23(2)11-19(25-22(27)21-10-9-17(30-21)14-28-3)18-13-24-26(20(18)12-23)15-5-7-16(29-4)8-6-15/h5-10,13,19H,11-12,14H2,1-4H3,(H,25,27)/t19-/m0/s1. The van der Waals surface area contributed by atoms with E-state index in [1.165, 1.54) is 0 Å². The van der Waals surface area contributed by atoms with E-state index >= 15 is 0 Å². The molecule has 7 nitrogen and oxygen atoms in total. The molecule has 0 saturated carbocycles. The van der Waals surface area contributed by atoms with E-state index in [9.17, 15) is 4.79 Å². The molecule has 0 bridgehead atoms. The molecule has 0 radical (unpaired) electrons. The number of rotatable bonds is 6. The molecule has 0 spiro atoms. The van der Waals surface area contributed by atoms with Crippen molar-refractivity contribution >= 4 is 5.91 Å². The summed E-state index contributed by atoms with van der Waals surface area (Å²) in [7, 11) is 3.24. The summed E-state index contributed by atoms with van der Waals surface area (Å²) >= 11 is 0. The predicted octanol–water partition coefficient (Wildman–Crippen LogP) is 4.06. The molecule has 4 rings (SSSR count). The highest BCUT2D eigenvalue weighted by Gasteiger charge is 2.36. The van der Waals surface area contributed by atoms with E-state index in [1.807, 2.05) is 35.1 Å². The van der Waals surface area contributed by atoms with Gasteiger partial charge >= 0.3 is 0 Å². The van der Waals surface area contributed by atoms with Gasteiger partial charge in [-0.15, -0.1) is 0 Å². The number of ether oxygens (including phenoxy) is 2. The van der Waals surface area contributed by atoms with Gasteiger partial charge in [-0.3, -0.25) is 4.79 Å². The van der Waals surface area contributed by atoms with Crippen molar-refractivity contribution < 1.29 is 18.7 Å². The normalized spacial score (nSPS) is 17.4. The van der Waals surface area contributed by atoms with Crippen LogP contribution in [0.3, 0.4) is 0 Å². The number of hydrogen-bond donors (Lipinski definition) is 1. The average Bonchev–Trinajstić information content (AvgIpc) is 3.35. The van der Waals surface area contributed by atoms with E-state index in [1.54, 1.807) is 26.4 Å². The van der Waals surface area contributed by atoms with Crippen LogP contribution < -0.4 is 10.1 Å². The topological polar surface area (TPSA) is 78.5 Å². The lowest BCUT2D eigenvalue weighted by Gasteiger charge is -2.35. The fourth-order valence-electron chi connectivity index (χ4n) is 4.07. The summed E-state index contributed by atoms with van der Waals surface area (Å²) in [5.74, 6) is 1.48. The molecule has 1 amide bonds. The van der Waals surface area contributed by atoms with Crippen molar-refractivity contribution in [2.75, 3.05) is 14.2 Å². The zero-order valence-corrected chi connectivity index (χ0v) is 17.8. The van der Waals surface area contributed by atoms with Crippen LogP contribution in [0.25, 0.3) is 5.69 Å². The molecular weight excluding hydrogens is 382 g/mol. The molecule has 2 aromatic heterocycles. The highest BCUT2D eigenvalue weighted by molar-refractivity contribution is 5.91. The third-order valence-electron chi connectivity index (χ3n) is 5.47. The number of fused-ring (bicyclic) bond motifs is 1. The first kappa shape index (κ1) is 20.2. The van der Waals surface area contributed by atoms with Crippen molar-refractivity contribution in [3.8, 4) is 11.4 Å². The maximum Gasteiger partial charge on any atom is 0.287 e. The molecule has 158 valence electrons. The van der Waals surface area contributed by atoms with Crippen LogP contribution in [0.15, 0.2) is 47.0 Å². The first-order valence-electron chi connectivity index (χ1n) is 10.00. The molecule has 1 N–H and O–H groups in total. The Morgan fingerprint density at radius 1 is 1.23 bits per heavy atom. The molecule has 1 aliphatic rings. The minimum atomic E-state index is -0.233. The SMILES string of the molecule is COCc1ccc(C(=O)N[C@H]2CC(C)(C)Cc3c2cnn3-c2ccc(OC)cc2)o1. The Kier molecular flexibility index (Phi) is 5.39. The van der Waals surface area contributed by atoms with Gasteiger partial charge in [-0.25, -0.2) is 4.68 Å². The molecular formula is C23H27N3O4. The fraction of sp³-hybridized carbons (Fsp3) is 0.391. The van der Waals surface area contributed by atoms with Crippen molar-refractivity contribution in [2.24, 2.45) is 5.41 Å². The van der Waals surface area contributed by atoms with E-state index in [0.29, 0.717) is 12.4 Å². The molecule has 2 heterocycles. The van der Waals surface area contributed by atoms with Crippen LogP contribution in [0.1, 0.15) is 53.9 Å². The highest BCUT2D eigenvalue weighted by atomic mass is 16.5. The molecule has 3 aromatic rings. The Morgan fingerprint density at radius 3 is 2.70 bits per heavy atom. The molecule has 30 heavy (non-hydrogen) atoms. The van der Waals surface area contributed by atoms with Gasteiger partial charge < -0.3 is 19.2 Å². The highest BCUT2D eigenvalue weighted by Crippen LogP contribution is 2.41.